The lowest BCUT2D eigenvalue weighted by Gasteiger charge is -2.14. The number of aromatic nitrogens is 1. The zero-order chi connectivity index (χ0) is 16.8. The average molecular weight is 348 g/mol. The number of carbonyl (C=O) groups is 1. The molecular formula is C17H20N2O2S2. The van der Waals surface area contributed by atoms with Crippen LogP contribution in [0.25, 0.3) is 5.57 Å². The van der Waals surface area contributed by atoms with Crippen molar-refractivity contribution in [1.29, 1.82) is 0 Å². The Morgan fingerprint density at radius 3 is 2.74 bits per heavy atom. The van der Waals surface area contributed by atoms with Crippen molar-refractivity contribution in [3.05, 3.63) is 52.1 Å². The number of thioether (sulfide) groups is 1. The molecule has 4 nitrogen and oxygen atoms in total. The van der Waals surface area contributed by atoms with E-state index in [1.54, 1.807) is 29.3 Å². The summed E-state index contributed by atoms with van der Waals surface area (Å²) < 4.78 is 4.93. The minimum absolute atomic E-state index is 0.337. The molecule has 0 radical (unpaired) electrons. The Morgan fingerprint density at radius 1 is 1.39 bits per heavy atom. The Kier molecular flexibility index (Phi) is 6.24. The highest BCUT2D eigenvalue weighted by molar-refractivity contribution is 7.98. The van der Waals surface area contributed by atoms with Crippen LogP contribution in [0.1, 0.15) is 16.3 Å². The third kappa shape index (κ3) is 4.84. The largest absolute Gasteiger partial charge is 0.465 e. The van der Waals surface area contributed by atoms with Crippen molar-refractivity contribution in [1.82, 2.24) is 9.88 Å². The van der Waals surface area contributed by atoms with Gasteiger partial charge in [-0.05, 0) is 13.0 Å². The lowest BCUT2D eigenvalue weighted by Crippen LogP contribution is -2.10. The predicted molar refractivity (Wildman–Crippen MR) is 96.5 cm³/mol. The minimum atomic E-state index is -0.337. The number of methoxy groups -OCH3 is 1. The first-order chi connectivity index (χ1) is 11.0. The number of carbonyl (C=O) groups excluding carboxylic acids is 1. The van der Waals surface area contributed by atoms with Crippen LogP contribution >= 0.6 is 23.1 Å². The number of aryl methyl sites for hydroxylation is 1. The topological polar surface area (TPSA) is 42.4 Å². The number of ether oxygens (including phenoxy) is 1. The smallest absolute Gasteiger partial charge is 0.339 e. The summed E-state index contributed by atoms with van der Waals surface area (Å²) in [4.78, 5) is 19.5. The van der Waals surface area contributed by atoms with Crippen LogP contribution < -0.4 is 0 Å². The molecule has 1 heterocycles. The van der Waals surface area contributed by atoms with Gasteiger partial charge in [-0.25, -0.2) is 9.78 Å². The van der Waals surface area contributed by atoms with Gasteiger partial charge in [-0.1, -0.05) is 18.2 Å². The van der Waals surface area contributed by atoms with Crippen LogP contribution in [0.2, 0.25) is 0 Å². The molecule has 2 aromatic rings. The molecule has 0 N–H and O–H groups in total. The molecule has 0 saturated carbocycles. The van der Waals surface area contributed by atoms with Crippen molar-refractivity contribution in [2.75, 3.05) is 21.2 Å². The van der Waals surface area contributed by atoms with E-state index in [0.717, 1.165) is 26.9 Å². The van der Waals surface area contributed by atoms with E-state index in [4.69, 9.17) is 4.74 Å². The molecule has 0 saturated heterocycles. The minimum Gasteiger partial charge on any atom is -0.465 e. The van der Waals surface area contributed by atoms with Gasteiger partial charge in [-0.15, -0.1) is 23.1 Å². The number of hydrogen-bond acceptors (Lipinski definition) is 6. The zero-order valence-corrected chi connectivity index (χ0v) is 15.3. The fraction of sp³-hybridized carbons (Fsp3) is 0.294. The Hall–Kier alpha value is -1.79. The lowest BCUT2D eigenvalue weighted by atomic mass is 10.1. The molecule has 1 aromatic heterocycles. The molecule has 6 heteroatoms. The monoisotopic (exact) mass is 348 g/mol. The van der Waals surface area contributed by atoms with Gasteiger partial charge in [0.1, 0.15) is 0 Å². The molecule has 0 bridgehead atoms. The summed E-state index contributed by atoms with van der Waals surface area (Å²) in [6.45, 7) is 2.00. The van der Waals surface area contributed by atoms with E-state index >= 15 is 0 Å². The Balaban J connectivity index is 2.29. The Morgan fingerprint density at radius 2 is 2.13 bits per heavy atom. The van der Waals surface area contributed by atoms with E-state index in [2.05, 4.69) is 10.4 Å². The van der Waals surface area contributed by atoms with Gasteiger partial charge in [-0.2, -0.15) is 0 Å². The maximum atomic E-state index is 12.1. The molecular weight excluding hydrogens is 328 g/mol. The summed E-state index contributed by atoms with van der Waals surface area (Å²) in [5, 5.41) is 3.14. The predicted octanol–water partition coefficient (Wildman–Crippen LogP) is 3.82. The van der Waals surface area contributed by atoms with Crippen LogP contribution in [0.3, 0.4) is 0 Å². The molecule has 0 fully saturated rings. The summed E-state index contributed by atoms with van der Waals surface area (Å²) in [5.74, 6) is 0.439. The lowest BCUT2D eigenvalue weighted by molar-refractivity contribution is -0.133. The highest BCUT2D eigenvalue weighted by atomic mass is 32.2. The second-order valence-corrected chi connectivity index (χ2v) is 7.22. The van der Waals surface area contributed by atoms with Gasteiger partial charge in [0, 0.05) is 41.9 Å². The molecule has 0 aliphatic heterocycles. The number of benzene rings is 1. The van der Waals surface area contributed by atoms with Crippen LogP contribution in [0.5, 0.6) is 0 Å². The van der Waals surface area contributed by atoms with E-state index in [1.807, 2.05) is 50.2 Å². The van der Waals surface area contributed by atoms with Crippen LogP contribution in [0, 0.1) is 6.92 Å². The number of thiazole rings is 1. The van der Waals surface area contributed by atoms with Crippen LogP contribution in [0.4, 0.5) is 0 Å². The van der Waals surface area contributed by atoms with Crippen LogP contribution in [-0.2, 0) is 15.3 Å². The molecule has 2 rings (SSSR count). The van der Waals surface area contributed by atoms with Gasteiger partial charge in [0.25, 0.3) is 0 Å². The van der Waals surface area contributed by atoms with E-state index < -0.39 is 0 Å². The summed E-state index contributed by atoms with van der Waals surface area (Å²) >= 11 is 3.32. The van der Waals surface area contributed by atoms with E-state index in [9.17, 15) is 4.79 Å². The highest BCUT2D eigenvalue weighted by Crippen LogP contribution is 2.31. The van der Waals surface area contributed by atoms with Gasteiger partial charge < -0.3 is 9.64 Å². The van der Waals surface area contributed by atoms with Crippen molar-refractivity contribution >= 4 is 34.6 Å². The first kappa shape index (κ1) is 17.6. The van der Waals surface area contributed by atoms with Gasteiger partial charge in [-0.3, -0.25) is 0 Å². The molecule has 0 unspecified atom stereocenters. The first-order valence-electron chi connectivity index (χ1n) is 7.11. The van der Waals surface area contributed by atoms with Gasteiger partial charge in [0.15, 0.2) is 0 Å². The third-order valence-electron chi connectivity index (χ3n) is 3.01. The summed E-state index contributed by atoms with van der Waals surface area (Å²) in [6.07, 6.45) is 1.79. The molecule has 0 atom stereocenters. The molecule has 0 spiro atoms. The maximum Gasteiger partial charge on any atom is 0.339 e. The number of rotatable bonds is 6. The van der Waals surface area contributed by atoms with Crippen LogP contribution in [0.15, 0.2) is 40.7 Å². The quantitative estimate of drug-likeness (QED) is 0.451. The van der Waals surface area contributed by atoms with E-state index in [0.29, 0.717) is 5.57 Å². The van der Waals surface area contributed by atoms with Crippen molar-refractivity contribution in [3.63, 3.8) is 0 Å². The molecule has 23 heavy (non-hydrogen) atoms. The Bertz CT molecular complexity index is 708. The SMILES string of the molecule is COC(=O)C(=CN(C)C)c1ccccc1SCc1csc(C)n1. The second kappa shape index (κ2) is 8.17. The van der Waals surface area contributed by atoms with Gasteiger partial charge in [0.2, 0.25) is 0 Å². The normalized spacial score (nSPS) is 11.4. The average Bonchev–Trinajstić information content (AvgIpc) is 2.95. The van der Waals surface area contributed by atoms with Gasteiger partial charge in [0.05, 0.1) is 23.4 Å². The van der Waals surface area contributed by atoms with Crippen LogP contribution in [-0.4, -0.2) is 37.1 Å². The van der Waals surface area contributed by atoms with Crippen molar-refractivity contribution in [2.45, 2.75) is 17.6 Å². The van der Waals surface area contributed by atoms with E-state index in [1.165, 1.54) is 7.11 Å². The zero-order valence-electron chi connectivity index (χ0n) is 13.7. The summed E-state index contributed by atoms with van der Waals surface area (Å²) in [7, 11) is 5.17. The number of esters is 1. The third-order valence-corrected chi connectivity index (χ3v) is 4.94. The van der Waals surface area contributed by atoms with E-state index in [-0.39, 0.29) is 5.97 Å². The second-order valence-electron chi connectivity index (χ2n) is 5.14. The summed E-state index contributed by atoms with van der Waals surface area (Å²) in [5.41, 5.74) is 2.49. The number of nitrogens with zero attached hydrogens (tertiary/aromatic N) is 2. The van der Waals surface area contributed by atoms with Gasteiger partial charge >= 0.3 is 5.97 Å². The number of hydrogen-bond donors (Lipinski definition) is 0. The summed E-state index contributed by atoms with van der Waals surface area (Å²) in [6, 6.07) is 7.87. The molecule has 0 aliphatic carbocycles. The Labute approximate surface area is 145 Å². The standard InChI is InChI=1S/C17H20N2O2S2/c1-12-18-13(10-22-12)11-23-16-8-6-5-7-14(16)15(9-19(2)3)17(20)21-4/h5-10H,11H2,1-4H3. The molecule has 1 aromatic carbocycles. The maximum absolute atomic E-state index is 12.1. The fourth-order valence-corrected chi connectivity index (χ4v) is 3.72. The molecule has 0 aliphatic rings. The first-order valence-corrected chi connectivity index (χ1v) is 8.97. The van der Waals surface area contributed by atoms with Crippen molar-refractivity contribution in [3.8, 4) is 0 Å². The van der Waals surface area contributed by atoms with Crippen molar-refractivity contribution < 1.29 is 9.53 Å². The fourth-order valence-electron chi connectivity index (χ4n) is 2.04. The molecule has 122 valence electrons. The molecule has 0 amide bonds. The van der Waals surface area contributed by atoms with Crippen molar-refractivity contribution in [2.24, 2.45) is 0 Å². The highest BCUT2D eigenvalue weighted by Gasteiger charge is 2.17.